The number of hydrogen-bond acceptors (Lipinski definition) is 3. The van der Waals surface area contributed by atoms with Gasteiger partial charge in [-0.25, -0.2) is 4.98 Å². The van der Waals surface area contributed by atoms with Crippen LogP contribution in [0, 0.1) is 5.92 Å². The van der Waals surface area contributed by atoms with Crippen LogP contribution in [0.25, 0.3) is 10.6 Å². The Kier molecular flexibility index (Phi) is 5.34. The number of hydrogen-bond donors (Lipinski definition) is 0. The molecule has 2 aromatic rings. The molecule has 0 saturated heterocycles. The molecule has 0 radical (unpaired) electrons. The standard InChI is InChI=1S/C18H21ClN2OS/c1-21(12-13-7-3-2-4-8-13)18(22)16-11-20-17(23-16)14-9-5-6-10-15(14)19/h5-6,9-11,13H,2-4,7-8,12H2,1H3. The number of amides is 1. The first-order chi connectivity index (χ1) is 11.1. The Hall–Kier alpha value is -1.39. The topological polar surface area (TPSA) is 33.2 Å². The smallest absolute Gasteiger partial charge is 0.265 e. The second-order valence-corrected chi connectivity index (χ2v) is 7.64. The third kappa shape index (κ3) is 3.93. The van der Waals surface area contributed by atoms with Gasteiger partial charge in [-0.15, -0.1) is 11.3 Å². The van der Waals surface area contributed by atoms with Crippen LogP contribution in [-0.2, 0) is 0 Å². The molecule has 0 unspecified atom stereocenters. The van der Waals surface area contributed by atoms with Gasteiger partial charge in [0.1, 0.15) is 9.88 Å². The fourth-order valence-corrected chi connectivity index (χ4v) is 4.39. The van der Waals surface area contributed by atoms with Gasteiger partial charge in [0.2, 0.25) is 0 Å². The number of benzene rings is 1. The molecule has 5 heteroatoms. The Morgan fingerprint density at radius 2 is 2.04 bits per heavy atom. The van der Waals surface area contributed by atoms with E-state index in [1.165, 1.54) is 43.4 Å². The lowest BCUT2D eigenvalue weighted by molar-refractivity contribution is 0.0765. The summed E-state index contributed by atoms with van der Waals surface area (Å²) in [5.41, 5.74) is 0.883. The summed E-state index contributed by atoms with van der Waals surface area (Å²) in [7, 11) is 1.89. The minimum absolute atomic E-state index is 0.0615. The SMILES string of the molecule is CN(CC1CCCCC1)C(=O)c1cnc(-c2ccccc2Cl)s1. The summed E-state index contributed by atoms with van der Waals surface area (Å²) in [6.07, 6.45) is 8.08. The second-order valence-electron chi connectivity index (χ2n) is 6.20. The summed E-state index contributed by atoms with van der Waals surface area (Å²) >= 11 is 7.62. The molecule has 1 aromatic carbocycles. The lowest BCUT2D eigenvalue weighted by Crippen LogP contribution is -2.32. The molecule has 1 heterocycles. The zero-order chi connectivity index (χ0) is 16.2. The molecule has 1 aliphatic carbocycles. The quantitative estimate of drug-likeness (QED) is 0.768. The number of halogens is 1. The molecular formula is C18H21ClN2OS. The average molecular weight is 349 g/mol. The van der Waals surface area contributed by atoms with Gasteiger partial charge in [-0.05, 0) is 24.8 Å². The van der Waals surface area contributed by atoms with Crippen LogP contribution in [0.4, 0.5) is 0 Å². The maximum absolute atomic E-state index is 12.6. The van der Waals surface area contributed by atoms with Crippen molar-refractivity contribution in [3.8, 4) is 10.6 Å². The van der Waals surface area contributed by atoms with E-state index in [-0.39, 0.29) is 5.91 Å². The summed E-state index contributed by atoms with van der Waals surface area (Å²) in [5, 5.41) is 1.46. The summed E-state index contributed by atoms with van der Waals surface area (Å²) < 4.78 is 0. The molecule has 0 spiro atoms. The molecule has 1 amide bonds. The highest BCUT2D eigenvalue weighted by Gasteiger charge is 2.21. The molecule has 1 fully saturated rings. The molecular weight excluding hydrogens is 328 g/mol. The van der Waals surface area contributed by atoms with Crippen LogP contribution in [0.15, 0.2) is 30.5 Å². The summed E-state index contributed by atoms with van der Waals surface area (Å²) in [5.74, 6) is 0.708. The molecule has 0 bridgehead atoms. The van der Waals surface area contributed by atoms with Crippen molar-refractivity contribution in [1.29, 1.82) is 0 Å². The molecule has 23 heavy (non-hydrogen) atoms. The zero-order valence-corrected chi connectivity index (χ0v) is 14.9. The van der Waals surface area contributed by atoms with E-state index in [0.29, 0.717) is 15.8 Å². The van der Waals surface area contributed by atoms with Crippen LogP contribution < -0.4 is 0 Å². The van der Waals surface area contributed by atoms with E-state index in [4.69, 9.17) is 11.6 Å². The van der Waals surface area contributed by atoms with Gasteiger partial charge in [-0.2, -0.15) is 0 Å². The maximum Gasteiger partial charge on any atom is 0.265 e. The summed E-state index contributed by atoms with van der Waals surface area (Å²) in [4.78, 5) is 19.5. The minimum Gasteiger partial charge on any atom is -0.341 e. The fourth-order valence-electron chi connectivity index (χ4n) is 3.16. The van der Waals surface area contributed by atoms with Crippen LogP contribution in [0.3, 0.4) is 0 Å². The van der Waals surface area contributed by atoms with Crippen molar-refractivity contribution >= 4 is 28.8 Å². The molecule has 1 aliphatic rings. The fraction of sp³-hybridized carbons (Fsp3) is 0.444. The number of carbonyl (C=O) groups is 1. The van der Waals surface area contributed by atoms with Crippen molar-refractivity contribution < 1.29 is 4.79 Å². The third-order valence-electron chi connectivity index (χ3n) is 4.42. The van der Waals surface area contributed by atoms with Gasteiger partial charge >= 0.3 is 0 Å². The van der Waals surface area contributed by atoms with E-state index in [1.807, 2.05) is 36.2 Å². The van der Waals surface area contributed by atoms with Crippen LogP contribution >= 0.6 is 22.9 Å². The van der Waals surface area contributed by atoms with Crippen molar-refractivity contribution in [2.75, 3.05) is 13.6 Å². The summed E-state index contributed by atoms with van der Waals surface area (Å²) in [6.45, 7) is 0.845. The van der Waals surface area contributed by atoms with Crippen molar-refractivity contribution in [3.63, 3.8) is 0 Å². The predicted molar refractivity (Wildman–Crippen MR) is 96.1 cm³/mol. The number of carbonyl (C=O) groups excluding carboxylic acids is 1. The normalized spacial score (nSPS) is 15.6. The van der Waals surface area contributed by atoms with Crippen molar-refractivity contribution in [2.24, 2.45) is 5.92 Å². The molecule has 0 N–H and O–H groups in total. The third-order valence-corrected chi connectivity index (χ3v) is 5.77. The van der Waals surface area contributed by atoms with Crippen molar-refractivity contribution in [2.45, 2.75) is 32.1 Å². The van der Waals surface area contributed by atoms with Crippen LogP contribution in [0.2, 0.25) is 5.02 Å². The largest absolute Gasteiger partial charge is 0.341 e. The first-order valence-electron chi connectivity index (χ1n) is 8.11. The van der Waals surface area contributed by atoms with E-state index in [0.717, 1.165) is 17.1 Å². The highest BCUT2D eigenvalue weighted by Crippen LogP contribution is 2.31. The first-order valence-corrected chi connectivity index (χ1v) is 9.31. The van der Waals surface area contributed by atoms with E-state index in [9.17, 15) is 4.79 Å². The van der Waals surface area contributed by atoms with Gasteiger partial charge in [-0.1, -0.05) is 49.1 Å². The van der Waals surface area contributed by atoms with Crippen molar-refractivity contribution in [3.05, 3.63) is 40.4 Å². The average Bonchev–Trinajstić information content (AvgIpc) is 3.05. The molecule has 0 aliphatic heterocycles. The molecule has 1 aromatic heterocycles. The Balaban J connectivity index is 1.69. The van der Waals surface area contributed by atoms with Crippen LogP contribution in [-0.4, -0.2) is 29.4 Å². The number of aromatic nitrogens is 1. The molecule has 3 nitrogen and oxygen atoms in total. The van der Waals surface area contributed by atoms with Crippen LogP contribution in [0.5, 0.6) is 0 Å². The van der Waals surface area contributed by atoms with Gasteiger partial charge in [0.25, 0.3) is 5.91 Å². The zero-order valence-electron chi connectivity index (χ0n) is 13.3. The van der Waals surface area contributed by atoms with Gasteiger partial charge in [0.15, 0.2) is 0 Å². The lowest BCUT2D eigenvalue weighted by Gasteiger charge is -2.26. The Labute approximate surface area is 146 Å². The Bertz CT molecular complexity index is 679. The van der Waals surface area contributed by atoms with Gasteiger partial charge < -0.3 is 4.90 Å². The molecule has 1 saturated carbocycles. The van der Waals surface area contributed by atoms with E-state index >= 15 is 0 Å². The highest BCUT2D eigenvalue weighted by atomic mass is 35.5. The Morgan fingerprint density at radius 3 is 2.78 bits per heavy atom. The second kappa shape index (κ2) is 7.45. The van der Waals surface area contributed by atoms with Crippen LogP contribution in [0.1, 0.15) is 41.8 Å². The van der Waals surface area contributed by atoms with E-state index < -0.39 is 0 Å². The predicted octanol–water partition coefficient (Wildman–Crippen LogP) is 5.12. The van der Waals surface area contributed by atoms with Crippen molar-refractivity contribution in [1.82, 2.24) is 9.88 Å². The van der Waals surface area contributed by atoms with E-state index in [1.54, 1.807) is 6.20 Å². The van der Waals surface area contributed by atoms with Gasteiger partial charge in [0.05, 0.1) is 11.2 Å². The highest BCUT2D eigenvalue weighted by molar-refractivity contribution is 7.17. The monoisotopic (exact) mass is 348 g/mol. The number of rotatable bonds is 4. The van der Waals surface area contributed by atoms with Gasteiger partial charge in [0, 0.05) is 19.2 Å². The number of nitrogens with zero attached hydrogens (tertiary/aromatic N) is 2. The molecule has 122 valence electrons. The summed E-state index contributed by atoms with van der Waals surface area (Å²) in [6, 6.07) is 7.60. The maximum atomic E-state index is 12.6. The Morgan fingerprint density at radius 1 is 1.30 bits per heavy atom. The molecule has 3 rings (SSSR count). The first kappa shape index (κ1) is 16.5. The number of thiazole rings is 1. The van der Waals surface area contributed by atoms with E-state index in [2.05, 4.69) is 4.98 Å². The van der Waals surface area contributed by atoms with Gasteiger partial charge in [-0.3, -0.25) is 4.79 Å². The lowest BCUT2D eigenvalue weighted by atomic mass is 9.89. The molecule has 0 atom stereocenters. The minimum atomic E-state index is 0.0615.